The number of aryl methyl sites for hydroxylation is 1. The number of hydrogen-bond donors (Lipinski definition) is 2. The molecule has 0 saturated heterocycles. The summed E-state index contributed by atoms with van der Waals surface area (Å²) >= 11 is 0. The number of aromatic nitrogens is 5. The number of nitrogens with zero attached hydrogens (tertiary/aromatic N) is 4. The Morgan fingerprint density at radius 2 is 2.04 bits per heavy atom. The maximum absolute atomic E-state index is 12.4. The minimum Gasteiger partial charge on any atom is -0.348 e. The number of imidazole rings is 1. The SMILES string of the molecule is Cc1cnc2c(C(=O)NCc3ccc(-c4ncc[nH]4)cc3)cnn2c1. The van der Waals surface area contributed by atoms with Crippen molar-refractivity contribution in [3.8, 4) is 11.4 Å². The lowest BCUT2D eigenvalue weighted by molar-refractivity contribution is 0.0952. The predicted molar refractivity (Wildman–Crippen MR) is 92.9 cm³/mol. The molecule has 3 heterocycles. The quantitative estimate of drug-likeness (QED) is 0.600. The lowest BCUT2D eigenvalue weighted by atomic mass is 10.1. The molecule has 0 unspecified atom stereocenters. The number of benzene rings is 1. The van der Waals surface area contributed by atoms with Gasteiger partial charge in [0.25, 0.3) is 5.91 Å². The van der Waals surface area contributed by atoms with E-state index in [9.17, 15) is 4.79 Å². The van der Waals surface area contributed by atoms with Gasteiger partial charge in [-0.15, -0.1) is 0 Å². The molecule has 0 bridgehead atoms. The first-order valence-electron chi connectivity index (χ1n) is 7.87. The molecule has 7 heteroatoms. The normalized spacial score (nSPS) is 10.9. The second kappa shape index (κ2) is 6.20. The molecule has 0 fully saturated rings. The van der Waals surface area contributed by atoms with Crippen molar-refractivity contribution in [2.45, 2.75) is 13.5 Å². The summed E-state index contributed by atoms with van der Waals surface area (Å²) in [6.45, 7) is 2.36. The maximum atomic E-state index is 12.4. The van der Waals surface area contributed by atoms with Gasteiger partial charge in [-0.25, -0.2) is 14.5 Å². The second-order valence-electron chi connectivity index (χ2n) is 5.78. The Hall–Kier alpha value is -3.48. The number of carbonyl (C=O) groups is 1. The van der Waals surface area contributed by atoms with Crippen LogP contribution in [0.5, 0.6) is 0 Å². The van der Waals surface area contributed by atoms with Crippen LogP contribution in [0.4, 0.5) is 0 Å². The van der Waals surface area contributed by atoms with Gasteiger partial charge in [-0.05, 0) is 18.1 Å². The molecule has 3 aromatic heterocycles. The fraction of sp³-hybridized carbons (Fsp3) is 0.111. The third-order valence-corrected chi connectivity index (χ3v) is 3.91. The molecule has 4 aromatic rings. The number of fused-ring (bicyclic) bond motifs is 1. The van der Waals surface area contributed by atoms with Gasteiger partial charge in [0.05, 0.1) is 6.20 Å². The first-order chi connectivity index (χ1) is 12.2. The number of rotatable bonds is 4. The molecule has 0 radical (unpaired) electrons. The molecule has 0 aliphatic carbocycles. The number of amides is 1. The van der Waals surface area contributed by atoms with E-state index in [1.807, 2.05) is 37.4 Å². The van der Waals surface area contributed by atoms with Gasteiger partial charge in [0.1, 0.15) is 11.4 Å². The molecule has 0 spiro atoms. The molecule has 2 N–H and O–H groups in total. The molecule has 7 nitrogen and oxygen atoms in total. The molecule has 4 rings (SSSR count). The Kier molecular flexibility index (Phi) is 3.74. The number of aromatic amines is 1. The van der Waals surface area contributed by atoms with Gasteiger partial charge in [0.2, 0.25) is 0 Å². The third kappa shape index (κ3) is 2.99. The van der Waals surface area contributed by atoms with Crippen LogP contribution in [0.15, 0.2) is 55.2 Å². The molecule has 1 aromatic carbocycles. The molecule has 0 saturated carbocycles. The summed E-state index contributed by atoms with van der Waals surface area (Å²) in [4.78, 5) is 24.0. The van der Waals surface area contributed by atoms with Crippen LogP contribution >= 0.6 is 0 Å². The van der Waals surface area contributed by atoms with Gasteiger partial charge < -0.3 is 10.3 Å². The Labute approximate surface area is 143 Å². The Morgan fingerprint density at radius 3 is 2.80 bits per heavy atom. The van der Waals surface area contributed by atoms with E-state index < -0.39 is 0 Å². The Bertz CT molecular complexity index is 1020. The zero-order valence-electron chi connectivity index (χ0n) is 13.6. The van der Waals surface area contributed by atoms with Crippen LogP contribution in [-0.2, 0) is 6.54 Å². The highest BCUT2D eigenvalue weighted by Crippen LogP contribution is 2.15. The zero-order valence-corrected chi connectivity index (χ0v) is 13.6. The Morgan fingerprint density at radius 1 is 1.20 bits per heavy atom. The van der Waals surface area contributed by atoms with Crippen molar-refractivity contribution in [1.29, 1.82) is 0 Å². The molecule has 25 heavy (non-hydrogen) atoms. The summed E-state index contributed by atoms with van der Waals surface area (Å²) in [7, 11) is 0. The van der Waals surface area contributed by atoms with E-state index in [4.69, 9.17) is 0 Å². The topological polar surface area (TPSA) is 88.0 Å². The van der Waals surface area contributed by atoms with Crippen molar-refractivity contribution >= 4 is 11.6 Å². The lowest BCUT2D eigenvalue weighted by Crippen LogP contribution is -2.22. The van der Waals surface area contributed by atoms with Crippen LogP contribution < -0.4 is 5.32 Å². The third-order valence-electron chi connectivity index (χ3n) is 3.91. The van der Waals surface area contributed by atoms with Crippen molar-refractivity contribution in [3.05, 3.63) is 71.9 Å². The summed E-state index contributed by atoms with van der Waals surface area (Å²) in [6, 6.07) is 7.88. The smallest absolute Gasteiger partial charge is 0.257 e. The number of carbonyl (C=O) groups excluding carboxylic acids is 1. The standard InChI is InChI=1S/C18H16N6O/c1-12-8-21-17-15(10-23-24(17)11-12)18(25)22-9-13-2-4-14(5-3-13)16-19-6-7-20-16/h2-8,10-11H,9H2,1H3,(H,19,20)(H,22,25). The monoisotopic (exact) mass is 332 g/mol. The summed E-state index contributed by atoms with van der Waals surface area (Å²) < 4.78 is 1.61. The summed E-state index contributed by atoms with van der Waals surface area (Å²) in [5.41, 5.74) is 4.01. The van der Waals surface area contributed by atoms with Crippen molar-refractivity contribution in [2.75, 3.05) is 0 Å². The molecule has 0 aliphatic rings. The van der Waals surface area contributed by atoms with Crippen molar-refractivity contribution in [1.82, 2.24) is 29.9 Å². The summed E-state index contributed by atoms with van der Waals surface area (Å²) in [6.07, 6.45) is 8.61. The van der Waals surface area contributed by atoms with Crippen LogP contribution in [0, 0.1) is 6.92 Å². The Balaban J connectivity index is 1.46. The van der Waals surface area contributed by atoms with Crippen molar-refractivity contribution in [2.24, 2.45) is 0 Å². The second-order valence-corrected chi connectivity index (χ2v) is 5.78. The van der Waals surface area contributed by atoms with E-state index in [1.54, 1.807) is 23.1 Å². The molecule has 1 amide bonds. The fourth-order valence-electron chi connectivity index (χ4n) is 2.61. The van der Waals surface area contributed by atoms with Gasteiger partial charge in [-0.2, -0.15) is 5.10 Å². The van der Waals surface area contributed by atoms with Crippen molar-refractivity contribution in [3.63, 3.8) is 0 Å². The van der Waals surface area contributed by atoms with E-state index in [-0.39, 0.29) is 5.91 Å². The first-order valence-corrected chi connectivity index (χ1v) is 7.87. The van der Waals surface area contributed by atoms with Crippen LogP contribution in [0.1, 0.15) is 21.5 Å². The van der Waals surface area contributed by atoms with E-state index in [0.29, 0.717) is 17.8 Å². The van der Waals surface area contributed by atoms with E-state index >= 15 is 0 Å². The van der Waals surface area contributed by atoms with Gasteiger partial charge in [-0.1, -0.05) is 24.3 Å². The van der Waals surface area contributed by atoms with E-state index in [2.05, 4.69) is 25.4 Å². The zero-order chi connectivity index (χ0) is 17.2. The van der Waals surface area contributed by atoms with Crippen molar-refractivity contribution < 1.29 is 4.79 Å². The van der Waals surface area contributed by atoms with Crippen LogP contribution in [0.25, 0.3) is 17.0 Å². The fourth-order valence-corrected chi connectivity index (χ4v) is 2.61. The highest BCUT2D eigenvalue weighted by molar-refractivity contribution is 5.99. The molecular formula is C18H16N6O. The number of nitrogens with one attached hydrogen (secondary N) is 2. The van der Waals surface area contributed by atoms with Crippen LogP contribution in [0.3, 0.4) is 0 Å². The van der Waals surface area contributed by atoms with Gasteiger partial charge in [0, 0.05) is 36.9 Å². The maximum Gasteiger partial charge on any atom is 0.257 e. The predicted octanol–water partition coefficient (Wildman–Crippen LogP) is 2.36. The van der Waals surface area contributed by atoms with Gasteiger partial charge >= 0.3 is 0 Å². The highest BCUT2D eigenvalue weighted by atomic mass is 16.1. The first kappa shape index (κ1) is 15.1. The number of H-pyrrole nitrogens is 1. The molecule has 0 atom stereocenters. The van der Waals surface area contributed by atoms with Gasteiger partial charge in [-0.3, -0.25) is 4.79 Å². The minimum absolute atomic E-state index is 0.193. The summed E-state index contributed by atoms with van der Waals surface area (Å²) in [5.74, 6) is 0.629. The minimum atomic E-state index is -0.193. The average Bonchev–Trinajstić information content (AvgIpc) is 3.29. The number of hydrogen-bond acceptors (Lipinski definition) is 4. The molecule has 0 aliphatic heterocycles. The molecule has 124 valence electrons. The summed E-state index contributed by atoms with van der Waals surface area (Å²) in [5, 5.41) is 7.09. The molecular weight excluding hydrogens is 316 g/mol. The van der Waals surface area contributed by atoms with E-state index in [1.165, 1.54) is 6.20 Å². The lowest BCUT2D eigenvalue weighted by Gasteiger charge is -2.05. The van der Waals surface area contributed by atoms with Crippen LogP contribution in [0.2, 0.25) is 0 Å². The van der Waals surface area contributed by atoms with Crippen LogP contribution in [-0.4, -0.2) is 30.5 Å². The largest absolute Gasteiger partial charge is 0.348 e. The average molecular weight is 332 g/mol. The van der Waals surface area contributed by atoms with Gasteiger partial charge in [0.15, 0.2) is 5.65 Å². The van der Waals surface area contributed by atoms with E-state index in [0.717, 1.165) is 22.5 Å². The highest BCUT2D eigenvalue weighted by Gasteiger charge is 2.13.